The Hall–Kier alpha value is -2.13. The molecule has 1 unspecified atom stereocenters. The monoisotopic (exact) mass is 427 g/mol. The van der Waals surface area contributed by atoms with Crippen LogP contribution in [0.2, 0.25) is 0 Å². The highest BCUT2D eigenvalue weighted by Crippen LogP contribution is 2.30. The van der Waals surface area contributed by atoms with Crippen LogP contribution >= 0.6 is 0 Å². The number of halogens is 3. The molecule has 0 aliphatic carbocycles. The second kappa shape index (κ2) is 10.3. The van der Waals surface area contributed by atoms with Gasteiger partial charge in [0, 0.05) is 38.3 Å². The van der Waals surface area contributed by atoms with Crippen LogP contribution in [-0.2, 0) is 15.7 Å². The van der Waals surface area contributed by atoms with E-state index in [0.29, 0.717) is 25.9 Å². The van der Waals surface area contributed by atoms with Crippen LogP contribution in [0.4, 0.5) is 13.2 Å². The molecule has 0 spiro atoms. The van der Waals surface area contributed by atoms with E-state index in [-0.39, 0.29) is 23.9 Å². The van der Waals surface area contributed by atoms with Gasteiger partial charge in [0.05, 0.1) is 24.7 Å². The Bertz CT molecular complexity index is 736. The van der Waals surface area contributed by atoms with Gasteiger partial charge in [-0.05, 0) is 44.0 Å². The molecule has 1 N–H and O–H groups in total. The zero-order chi connectivity index (χ0) is 21.6. The molecule has 0 bridgehead atoms. The number of rotatable bonds is 6. The lowest BCUT2D eigenvalue weighted by Gasteiger charge is -2.32. The highest BCUT2D eigenvalue weighted by atomic mass is 19.4. The molecule has 6 nitrogen and oxygen atoms in total. The maximum absolute atomic E-state index is 12.9. The lowest BCUT2D eigenvalue weighted by Crippen LogP contribution is -2.46. The number of likely N-dealkylation sites (tertiary alicyclic amines) is 1. The quantitative estimate of drug-likeness (QED) is 0.709. The number of hydrogen-bond acceptors (Lipinski definition) is 4. The van der Waals surface area contributed by atoms with Gasteiger partial charge in [0.15, 0.2) is 0 Å². The van der Waals surface area contributed by atoms with Gasteiger partial charge in [-0.3, -0.25) is 14.5 Å². The highest BCUT2D eigenvalue weighted by molar-refractivity contribution is 5.95. The maximum Gasteiger partial charge on any atom is 0.416 e. The van der Waals surface area contributed by atoms with Gasteiger partial charge in [-0.15, -0.1) is 0 Å². The first kappa shape index (κ1) is 22.6. The summed E-state index contributed by atoms with van der Waals surface area (Å²) in [5.41, 5.74) is -0.851. The molecule has 1 aromatic rings. The third-order valence-corrected chi connectivity index (χ3v) is 5.57. The Morgan fingerprint density at radius 3 is 2.67 bits per heavy atom. The second-order valence-electron chi connectivity index (χ2n) is 7.77. The third-order valence-electron chi connectivity index (χ3n) is 5.57. The summed E-state index contributed by atoms with van der Waals surface area (Å²) in [7, 11) is 0. The largest absolute Gasteiger partial charge is 0.416 e. The van der Waals surface area contributed by atoms with Crippen LogP contribution in [0.5, 0.6) is 0 Å². The highest BCUT2D eigenvalue weighted by Gasteiger charge is 2.33. The lowest BCUT2D eigenvalue weighted by atomic mass is 9.96. The first-order chi connectivity index (χ1) is 14.3. The van der Waals surface area contributed by atoms with E-state index in [0.717, 1.165) is 51.4 Å². The zero-order valence-corrected chi connectivity index (χ0v) is 16.9. The van der Waals surface area contributed by atoms with Crippen LogP contribution in [0.15, 0.2) is 24.3 Å². The number of alkyl halides is 3. The molecule has 2 fully saturated rings. The molecule has 1 atom stereocenters. The Labute approximate surface area is 174 Å². The van der Waals surface area contributed by atoms with Crippen molar-refractivity contribution >= 4 is 11.8 Å². The summed E-state index contributed by atoms with van der Waals surface area (Å²) in [4.78, 5) is 29.0. The molecule has 3 rings (SSSR count). The van der Waals surface area contributed by atoms with Crippen LogP contribution in [0, 0.1) is 5.92 Å². The van der Waals surface area contributed by atoms with Crippen molar-refractivity contribution in [1.29, 1.82) is 0 Å². The van der Waals surface area contributed by atoms with Crippen molar-refractivity contribution < 1.29 is 27.5 Å². The fraction of sp³-hybridized carbons (Fsp3) is 0.619. The predicted octanol–water partition coefficient (Wildman–Crippen LogP) is 2.40. The maximum atomic E-state index is 12.9. The van der Waals surface area contributed by atoms with E-state index >= 15 is 0 Å². The van der Waals surface area contributed by atoms with Crippen molar-refractivity contribution in [2.75, 3.05) is 52.5 Å². The Morgan fingerprint density at radius 2 is 1.93 bits per heavy atom. The minimum Gasteiger partial charge on any atom is -0.379 e. The summed E-state index contributed by atoms with van der Waals surface area (Å²) in [6, 6.07) is 4.43. The summed E-state index contributed by atoms with van der Waals surface area (Å²) in [6.07, 6.45) is -2.34. The molecule has 0 aromatic heterocycles. The molecule has 1 aromatic carbocycles. The standard InChI is InChI=1S/C21H28F3N3O3/c22-21(23,24)18-6-1-4-16(14-18)20(29)27-9-2-5-17(15-27)19(28)25-7-3-8-26-10-12-30-13-11-26/h1,4,6,14,17H,2-3,5,7-13,15H2,(H,25,28). The van der Waals surface area contributed by atoms with Crippen LogP contribution in [-0.4, -0.2) is 74.1 Å². The molecule has 30 heavy (non-hydrogen) atoms. The van der Waals surface area contributed by atoms with E-state index in [2.05, 4.69) is 10.2 Å². The second-order valence-corrected chi connectivity index (χ2v) is 7.77. The van der Waals surface area contributed by atoms with Crippen molar-refractivity contribution in [2.45, 2.75) is 25.4 Å². The predicted molar refractivity (Wildman–Crippen MR) is 105 cm³/mol. The number of benzene rings is 1. The van der Waals surface area contributed by atoms with Crippen molar-refractivity contribution in [2.24, 2.45) is 5.92 Å². The van der Waals surface area contributed by atoms with Gasteiger partial charge in [0.1, 0.15) is 0 Å². The average Bonchev–Trinajstić information content (AvgIpc) is 2.76. The van der Waals surface area contributed by atoms with Gasteiger partial charge in [-0.2, -0.15) is 13.2 Å². The first-order valence-electron chi connectivity index (χ1n) is 10.4. The van der Waals surface area contributed by atoms with Crippen molar-refractivity contribution in [3.8, 4) is 0 Å². The van der Waals surface area contributed by atoms with Crippen molar-refractivity contribution in [1.82, 2.24) is 15.1 Å². The summed E-state index contributed by atoms with van der Waals surface area (Å²) in [5, 5.41) is 2.94. The van der Waals surface area contributed by atoms with E-state index in [1.54, 1.807) is 0 Å². The molecule has 0 saturated carbocycles. The first-order valence-corrected chi connectivity index (χ1v) is 10.4. The van der Waals surface area contributed by atoms with Gasteiger partial charge >= 0.3 is 6.18 Å². The van der Waals surface area contributed by atoms with Gasteiger partial charge in [-0.1, -0.05) is 6.07 Å². The zero-order valence-electron chi connectivity index (χ0n) is 16.9. The minimum atomic E-state index is -4.50. The molecule has 166 valence electrons. The number of nitrogens with zero attached hydrogens (tertiary/aromatic N) is 2. The molecule has 2 saturated heterocycles. The number of hydrogen-bond donors (Lipinski definition) is 1. The number of carbonyl (C=O) groups excluding carboxylic acids is 2. The van der Waals surface area contributed by atoms with Gasteiger partial charge in [0.2, 0.25) is 5.91 Å². The third kappa shape index (κ3) is 6.18. The Kier molecular flexibility index (Phi) is 7.71. The number of ether oxygens (including phenoxy) is 1. The minimum absolute atomic E-state index is 0.00334. The summed E-state index contributed by atoms with van der Waals surface area (Å²) < 4.78 is 44.1. The van der Waals surface area contributed by atoms with Gasteiger partial charge in [0.25, 0.3) is 5.91 Å². The smallest absolute Gasteiger partial charge is 0.379 e. The molecule has 2 amide bonds. The number of carbonyl (C=O) groups is 2. The topological polar surface area (TPSA) is 61.9 Å². The van der Waals surface area contributed by atoms with E-state index in [1.165, 1.54) is 17.0 Å². The number of morpholine rings is 1. The normalized spacial score (nSPS) is 20.8. The van der Waals surface area contributed by atoms with Crippen LogP contribution in [0.3, 0.4) is 0 Å². The lowest BCUT2D eigenvalue weighted by molar-refractivity contribution is -0.137. The molecule has 0 radical (unpaired) electrons. The van der Waals surface area contributed by atoms with Gasteiger partial charge < -0.3 is 15.0 Å². The SMILES string of the molecule is O=C(NCCCN1CCOCC1)C1CCCN(C(=O)c2cccc(C(F)(F)F)c2)C1. The van der Waals surface area contributed by atoms with E-state index in [4.69, 9.17) is 4.74 Å². The number of amides is 2. The Balaban J connectivity index is 1.48. The molecule has 2 aliphatic rings. The average molecular weight is 427 g/mol. The summed E-state index contributed by atoms with van der Waals surface area (Å²) in [5.74, 6) is -0.902. The number of nitrogens with one attached hydrogen (secondary N) is 1. The van der Waals surface area contributed by atoms with Crippen LogP contribution in [0.25, 0.3) is 0 Å². The fourth-order valence-electron chi connectivity index (χ4n) is 3.87. The van der Waals surface area contributed by atoms with E-state index in [1.807, 2.05) is 0 Å². The molecular formula is C21H28F3N3O3. The summed E-state index contributed by atoms with van der Waals surface area (Å²) >= 11 is 0. The van der Waals surface area contributed by atoms with Gasteiger partial charge in [-0.25, -0.2) is 0 Å². The Morgan fingerprint density at radius 1 is 1.17 bits per heavy atom. The van der Waals surface area contributed by atoms with E-state index < -0.39 is 17.6 Å². The van der Waals surface area contributed by atoms with E-state index in [9.17, 15) is 22.8 Å². The summed E-state index contributed by atoms with van der Waals surface area (Å²) in [6.45, 7) is 5.42. The van der Waals surface area contributed by atoms with Crippen LogP contribution < -0.4 is 5.32 Å². The molecule has 2 aliphatic heterocycles. The van der Waals surface area contributed by atoms with Crippen LogP contribution in [0.1, 0.15) is 35.2 Å². The van der Waals surface area contributed by atoms with Crippen molar-refractivity contribution in [3.05, 3.63) is 35.4 Å². The van der Waals surface area contributed by atoms with Crippen molar-refractivity contribution in [3.63, 3.8) is 0 Å². The fourth-order valence-corrected chi connectivity index (χ4v) is 3.87. The molecule has 2 heterocycles. The molecular weight excluding hydrogens is 399 g/mol. The molecule has 9 heteroatoms. The number of piperidine rings is 1.